The number of esters is 2. The van der Waals surface area contributed by atoms with Crippen LogP contribution in [-0.2, 0) is 75.9 Å². The van der Waals surface area contributed by atoms with Crippen LogP contribution in [0.1, 0.15) is 197 Å². The fourth-order valence-electron chi connectivity index (χ4n) is 9.02. The van der Waals surface area contributed by atoms with Gasteiger partial charge >= 0.3 is 11.9 Å². The summed E-state index contributed by atoms with van der Waals surface area (Å²) >= 11 is 2.96. The van der Waals surface area contributed by atoms with Crippen LogP contribution in [0, 0.1) is 23.3 Å². The van der Waals surface area contributed by atoms with Gasteiger partial charge in [-0.3, -0.25) is 19.2 Å². The van der Waals surface area contributed by atoms with E-state index in [9.17, 15) is 19.2 Å². The average Bonchev–Trinajstić information content (AvgIpc) is 3.84. The van der Waals surface area contributed by atoms with Crippen LogP contribution in [0.4, 0.5) is 0 Å². The largest absolute Gasteiger partial charge is 0.465 e. The Hall–Kier alpha value is -1.39. The fourth-order valence-corrected chi connectivity index (χ4v) is 11.1. The molecule has 4 aliphatic rings. The van der Waals surface area contributed by atoms with E-state index in [1.807, 2.05) is 48.5 Å². The maximum absolute atomic E-state index is 12.1. The predicted molar refractivity (Wildman–Crippen MR) is 317 cm³/mol. The number of rotatable bonds is 21. The third kappa shape index (κ3) is 24.5. The van der Waals surface area contributed by atoms with Gasteiger partial charge in [0.2, 0.25) is 6.04 Å². The number of hydrogen-bond donors (Lipinski definition) is 1. The number of carbonyl (C=O) groups is 4. The second-order valence-electron chi connectivity index (χ2n) is 27.3. The molecule has 446 valence electrons. The number of fused-ring (bicyclic) bond motifs is 2. The Labute approximate surface area is 493 Å². The summed E-state index contributed by atoms with van der Waals surface area (Å²) in [4.78, 5) is 49.0. The number of halogens is 1. The molecule has 4 fully saturated rings. The van der Waals surface area contributed by atoms with E-state index in [0.29, 0.717) is 37.5 Å². The van der Waals surface area contributed by atoms with Crippen LogP contribution in [-0.4, -0.2) is 126 Å². The second-order valence-corrected chi connectivity index (χ2v) is 37.4. The molecule has 77 heavy (non-hydrogen) atoms. The molecule has 4 saturated heterocycles. The molecule has 10 atom stereocenters. The molecular formula is C59H111BrN2O12Si2Zn. The molecule has 2 N–H and O–H groups in total. The van der Waals surface area contributed by atoms with Crippen molar-refractivity contribution < 1.29 is 77.4 Å². The molecule has 0 aliphatic carbocycles. The van der Waals surface area contributed by atoms with Crippen LogP contribution < -0.4 is 5.73 Å². The van der Waals surface area contributed by atoms with Gasteiger partial charge in [-0.25, -0.2) is 6.57 Å². The Morgan fingerprint density at radius 2 is 1.06 bits per heavy atom. The average molecular weight is 1240 g/mol. The fraction of sp³-hybridized carbons (Fsp3) is 0.881. The Kier molecular flexibility index (Phi) is 31.3. The molecular weight excluding hydrogens is 1130 g/mol. The van der Waals surface area contributed by atoms with Gasteiger partial charge in [-0.1, -0.05) is 71.8 Å². The number of hydrogen-bond acceptors (Lipinski definition) is 13. The molecule has 14 nitrogen and oxygen atoms in total. The molecule has 0 spiro atoms. The molecule has 18 heteroatoms. The van der Waals surface area contributed by atoms with Gasteiger partial charge in [0.05, 0.1) is 79.2 Å². The topological polar surface area (TPSA) is 172 Å². The van der Waals surface area contributed by atoms with Crippen molar-refractivity contribution in [3.05, 3.63) is 23.2 Å². The Morgan fingerprint density at radius 3 is 1.38 bits per heavy atom. The summed E-state index contributed by atoms with van der Waals surface area (Å²) in [5.74, 6) is -0.146. The summed E-state index contributed by atoms with van der Waals surface area (Å²) in [5, 5.41) is 0.706. The van der Waals surface area contributed by atoms with E-state index in [2.05, 4.69) is 95.4 Å². The van der Waals surface area contributed by atoms with Crippen LogP contribution in [0.5, 0.6) is 0 Å². The molecule has 2 unspecified atom stereocenters. The number of allylic oxidation sites excluding steroid dienone is 2. The van der Waals surface area contributed by atoms with Gasteiger partial charge in [-0.15, -0.1) is 0 Å². The summed E-state index contributed by atoms with van der Waals surface area (Å²) in [5.41, 5.74) is 4.87. The summed E-state index contributed by atoms with van der Waals surface area (Å²) in [6.45, 7) is 50.1. The molecule has 4 heterocycles. The summed E-state index contributed by atoms with van der Waals surface area (Å²) in [7, 11) is -3.93. The molecule has 0 bridgehead atoms. The molecule has 0 aromatic rings. The maximum Gasteiger partial charge on any atom is 0.311 e. The van der Waals surface area contributed by atoms with Crippen molar-refractivity contribution in [3.8, 4) is 0 Å². The minimum atomic E-state index is -1.99. The van der Waals surface area contributed by atoms with Crippen molar-refractivity contribution in [1.29, 1.82) is 0 Å². The summed E-state index contributed by atoms with van der Waals surface area (Å²) in [6, 6.07) is -0.0412. The van der Waals surface area contributed by atoms with Crippen molar-refractivity contribution in [3.63, 3.8) is 0 Å². The molecule has 0 radical (unpaired) electrons. The minimum absolute atomic E-state index is 0. The Morgan fingerprint density at radius 1 is 0.701 bits per heavy atom. The number of Topliss-reactive ketones (excluding diaryl/α,β-unsaturated/α-hetero) is 1. The van der Waals surface area contributed by atoms with E-state index in [0.717, 1.165) is 77.0 Å². The zero-order valence-electron chi connectivity index (χ0n) is 51.2. The van der Waals surface area contributed by atoms with Crippen molar-refractivity contribution in [1.82, 2.24) is 0 Å². The third-order valence-electron chi connectivity index (χ3n) is 15.9. The van der Waals surface area contributed by atoms with Crippen LogP contribution in [0.3, 0.4) is 0 Å². The summed E-state index contributed by atoms with van der Waals surface area (Å²) < 4.78 is 50.9. The van der Waals surface area contributed by atoms with Gasteiger partial charge < -0.3 is 47.9 Å². The van der Waals surface area contributed by atoms with Crippen LogP contribution in [0.25, 0.3) is 4.85 Å². The van der Waals surface area contributed by atoms with E-state index >= 15 is 0 Å². The van der Waals surface area contributed by atoms with Gasteiger partial charge in [0, 0.05) is 52.8 Å². The Balaban J connectivity index is 0. The quantitative estimate of drug-likeness (QED) is 0.0288. The SMILES string of the molecule is C.CC(=O)/C=C(\N)[C@H](C)CC1CC[C@@H]2O[C@@H](CCCOC(=O)C(C)(C)C)C[C@]2(CO[Si](C)(C)C(C)(C)C)O1.CC(=O)CBr.[C-]#[N+][C@H](C)CC1CC[C@@H]2O[C@@H](CCCOC(=O)C(C)(C)C)C[C@]2(CO[Si](C)(C)C(C)(C)C)O1.[HH].[Zn]. The van der Waals surface area contributed by atoms with Gasteiger partial charge in [0.25, 0.3) is 0 Å². The smallest absolute Gasteiger partial charge is 0.311 e. The van der Waals surface area contributed by atoms with E-state index < -0.39 is 38.7 Å². The van der Waals surface area contributed by atoms with E-state index in [-0.39, 0.29) is 110 Å². The van der Waals surface area contributed by atoms with Gasteiger partial charge in [0.15, 0.2) is 22.4 Å². The first-order chi connectivity index (χ1) is 34.2. The number of nitrogens with two attached hydrogens (primary N) is 1. The van der Waals surface area contributed by atoms with E-state index in [1.165, 1.54) is 19.9 Å². The normalized spacial score (nSPS) is 26.5. The zero-order valence-corrected chi connectivity index (χ0v) is 57.8. The predicted octanol–water partition coefficient (Wildman–Crippen LogP) is 13.9. The van der Waals surface area contributed by atoms with E-state index in [4.69, 9.17) is 49.6 Å². The molecule has 0 aromatic carbocycles. The van der Waals surface area contributed by atoms with Crippen molar-refractivity contribution >= 4 is 56.1 Å². The second kappa shape index (κ2) is 31.9. The first-order valence-corrected chi connectivity index (χ1v) is 34.9. The van der Waals surface area contributed by atoms with Gasteiger partial charge in [-0.2, -0.15) is 0 Å². The van der Waals surface area contributed by atoms with Crippen molar-refractivity contribution in [2.75, 3.05) is 31.8 Å². The number of alkyl halides is 1. The third-order valence-corrected chi connectivity index (χ3v) is 25.7. The zero-order chi connectivity index (χ0) is 57.6. The first kappa shape index (κ1) is 75.6. The molecule has 4 aliphatic heterocycles. The first-order valence-electron chi connectivity index (χ1n) is 27.9. The number of ether oxygens (including phenoxy) is 6. The number of nitrogens with zero attached hydrogens (tertiary/aromatic N) is 1. The number of carbonyl (C=O) groups excluding carboxylic acids is 4. The van der Waals surface area contributed by atoms with Crippen LogP contribution in [0.2, 0.25) is 36.3 Å². The van der Waals surface area contributed by atoms with Crippen LogP contribution >= 0.6 is 15.9 Å². The minimum Gasteiger partial charge on any atom is -0.465 e. The standard InChI is InChI=1S/C29H53NO6Si.C26H47NO5Si.C3H5BrO.CH4.Zn.H2/c1-20(24(30)17-21(2)31)16-22-13-14-25-29(36-22,19-34-37(9,10)28(6,7)8)18-23(35-25)12-11-15-33-26(32)27(3,4)5;1-19(27-8)16-20-13-14-22-26(32-20,18-30-33(9,10)25(5,6)7)17-21(31-22)12-11-15-29-23(28)24(2,3)4;1-3(5)2-4;;;/h17,20,22-23,25H,11-16,18-19,30H2,1-10H3;19-22H,11-18H2,1-7,9-10H3;2H2,1H3;1H4;;1H/b24-17-;;;;;/t20-,22?,23+,25+,29-;19-,20?,21+,22+,26-;;;;/m11..../s1. The van der Waals surface area contributed by atoms with Gasteiger partial charge in [0.1, 0.15) is 17.0 Å². The van der Waals surface area contributed by atoms with Crippen molar-refractivity contribution in [2.45, 2.75) is 285 Å². The molecule has 0 amide bonds. The maximum atomic E-state index is 12.1. The number of ketones is 2. The van der Waals surface area contributed by atoms with E-state index in [1.54, 1.807) is 0 Å². The monoisotopic (exact) mass is 1240 g/mol. The molecule has 0 aromatic heterocycles. The molecule has 0 saturated carbocycles. The van der Waals surface area contributed by atoms with Gasteiger partial charge in [-0.05, 0) is 161 Å². The van der Waals surface area contributed by atoms with Crippen molar-refractivity contribution in [2.24, 2.45) is 22.5 Å². The Bertz CT molecular complexity index is 1930. The van der Waals surface area contributed by atoms with Crippen LogP contribution in [0.15, 0.2) is 11.8 Å². The summed E-state index contributed by atoms with van der Waals surface area (Å²) in [6.07, 6.45) is 11.6. The molecule has 4 rings (SSSR count).